The van der Waals surface area contributed by atoms with Crippen LogP contribution >= 0.6 is 0 Å². The average molecular weight is 319 g/mol. The van der Waals surface area contributed by atoms with Crippen molar-refractivity contribution in [3.63, 3.8) is 0 Å². The van der Waals surface area contributed by atoms with Gasteiger partial charge < -0.3 is 9.47 Å². The summed E-state index contributed by atoms with van der Waals surface area (Å²) in [5.74, 6) is 1.04. The first-order valence-corrected chi connectivity index (χ1v) is 7.49. The first-order valence-electron chi connectivity index (χ1n) is 7.49. The lowest BCUT2D eigenvalue weighted by molar-refractivity contribution is 0.104. The molecule has 0 atom stereocenters. The van der Waals surface area contributed by atoms with Gasteiger partial charge in [-0.2, -0.15) is 0 Å². The summed E-state index contributed by atoms with van der Waals surface area (Å²) in [7, 11) is 3.11. The third-order valence-corrected chi connectivity index (χ3v) is 3.76. The number of ketones is 1. The summed E-state index contributed by atoms with van der Waals surface area (Å²) in [5.41, 5.74) is 1.51. The van der Waals surface area contributed by atoms with Crippen LogP contribution < -0.4 is 9.47 Å². The van der Waals surface area contributed by atoms with Crippen LogP contribution in [-0.4, -0.2) is 25.0 Å². The van der Waals surface area contributed by atoms with Gasteiger partial charge in [0.05, 0.1) is 14.2 Å². The van der Waals surface area contributed by atoms with E-state index in [4.69, 9.17) is 9.47 Å². The summed E-state index contributed by atoms with van der Waals surface area (Å²) in [6.07, 6.45) is 6.94. The molecule has 0 aliphatic rings. The predicted octanol–water partition coefficient (Wildman–Crippen LogP) is 4.15. The van der Waals surface area contributed by atoms with Crippen LogP contribution in [0, 0.1) is 0 Å². The van der Waals surface area contributed by atoms with Gasteiger partial charge in [-0.25, -0.2) is 0 Å². The number of rotatable bonds is 5. The number of hydrogen-bond acceptors (Lipinski definition) is 4. The third kappa shape index (κ3) is 3.27. The minimum Gasteiger partial charge on any atom is -0.493 e. The van der Waals surface area contributed by atoms with Gasteiger partial charge in [-0.05, 0) is 47.4 Å². The zero-order valence-corrected chi connectivity index (χ0v) is 13.5. The van der Waals surface area contributed by atoms with Gasteiger partial charge in [-0.1, -0.05) is 18.2 Å². The van der Waals surface area contributed by atoms with Crippen molar-refractivity contribution in [3.05, 3.63) is 72.1 Å². The molecule has 0 bridgehead atoms. The summed E-state index contributed by atoms with van der Waals surface area (Å²) in [6.45, 7) is 0. The maximum absolute atomic E-state index is 12.4. The van der Waals surface area contributed by atoms with E-state index in [1.165, 1.54) is 0 Å². The Hall–Kier alpha value is -3.14. The number of methoxy groups -OCH3 is 2. The molecular weight excluding hydrogens is 302 g/mol. The molecule has 0 N–H and O–H groups in total. The highest BCUT2D eigenvalue weighted by molar-refractivity contribution is 6.07. The van der Waals surface area contributed by atoms with Crippen molar-refractivity contribution in [2.24, 2.45) is 0 Å². The Balaban J connectivity index is 1.83. The molecule has 0 saturated carbocycles. The van der Waals surface area contributed by atoms with Crippen molar-refractivity contribution in [3.8, 4) is 11.5 Å². The zero-order valence-electron chi connectivity index (χ0n) is 13.5. The van der Waals surface area contributed by atoms with Crippen LogP contribution in [0.4, 0.5) is 0 Å². The molecule has 1 aromatic heterocycles. The molecule has 4 nitrogen and oxygen atoms in total. The van der Waals surface area contributed by atoms with Gasteiger partial charge in [0.15, 0.2) is 17.3 Å². The third-order valence-electron chi connectivity index (χ3n) is 3.76. The molecular formula is C20H17NO3. The molecule has 0 aliphatic heterocycles. The summed E-state index contributed by atoms with van der Waals surface area (Å²) >= 11 is 0. The minimum atomic E-state index is -0.0919. The Kier molecular flexibility index (Phi) is 4.57. The molecule has 24 heavy (non-hydrogen) atoms. The number of pyridine rings is 1. The van der Waals surface area contributed by atoms with E-state index < -0.39 is 0 Å². The lowest BCUT2D eigenvalue weighted by Crippen LogP contribution is -1.97. The Morgan fingerprint density at radius 1 is 0.958 bits per heavy atom. The fourth-order valence-electron chi connectivity index (χ4n) is 2.46. The van der Waals surface area contributed by atoms with E-state index in [9.17, 15) is 4.79 Å². The van der Waals surface area contributed by atoms with Gasteiger partial charge in [0, 0.05) is 23.3 Å². The second-order valence-electron chi connectivity index (χ2n) is 5.25. The minimum absolute atomic E-state index is 0.0919. The van der Waals surface area contributed by atoms with Crippen molar-refractivity contribution in [1.82, 2.24) is 4.98 Å². The normalized spacial score (nSPS) is 10.9. The molecule has 0 radical (unpaired) electrons. The Labute approximate surface area is 140 Å². The first-order chi connectivity index (χ1) is 11.7. The highest BCUT2D eigenvalue weighted by Crippen LogP contribution is 2.28. The monoisotopic (exact) mass is 319 g/mol. The number of benzene rings is 2. The van der Waals surface area contributed by atoms with Gasteiger partial charge in [0.1, 0.15) is 0 Å². The summed E-state index contributed by atoms with van der Waals surface area (Å²) in [4.78, 5) is 16.4. The van der Waals surface area contributed by atoms with Crippen LogP contribution in [0.25, 0.3) is 16.8 Å². The molecule has 0 amide bonds. The second-order valence-corrected chi connectivity index (χ2v) is 5.25. The number of carbonyl (C=O) groups excluding carboxylic acids is 1. The molecule has 0 saturated heterocycles. The van der Waals surface area contributed by atoms with Crippen LogP contribution in [0.15, 0.2) is 60.9 Å². The van der Waals surface area contributed by atoms with E-state index in [1.807, 2.05) is 30.5 Å². The molecule has 0 aliphatic carbocycles. The zero-order chi connectivity index (χ0) is 16.9. The van der Waals surface area contributed by atoms with Gasteiger partial charge >= 0.3 is 0 Å². The average Bonchev–Trinajstić information content (AvgIpc) is 2.65. The molecule has 3 aromatic rings. The number of ether oxygens (including phenoxy) is 2. The molecule has 0 spiro atoms. The molecule has 120 valence electrons. The van der Waals surface area contributed by atoms with Gasteiger partial charge in [-0.15, -0.1) is 0 Å². The van der Waals surface area contributed by atoms with Crippen molar-refractivity contribution < 1.29 is 14.3 Å². The molecule has 0 fully saturated rings. The summed E-state index contributed by atoms with van der Waals surface area (Å²) < 4.78 is 10.4. The van der Waals surface area contributed by atoms with Crippen LogP contribution in [-0.2, 0) is 0 Å². The van der Waals surface area contributed by atoms with E-state index in [0.29, 0.717) is 17.1 Å². The molecule has 2 aromatic carbocycles. The van der Waals surface area contributed by atoms with Gasteiger partial charge in [0.25, 0.3) is 0 Å². The molecule has 1 heterocycles. The Morgan fingerprint density at radius 2 is 1.79 bits per heavy atom. The van der Waals surface area contributed by atoms with Crippen molar-refractivity contribution in [1.29, 1.82) is 0 Å². The van der Waals surface area contributed by atoms with Crippen LogP contribution in [0.5, 0.6) is 11.5 Å². The van der Waals surface area contributed by atoms with Crippen molar-refractivity contribution in [2.45, 2.75) is 0 Å². The maximum atomic E-state index is 12.4. The number of carbonyl (C=O) groups is 1. The van der Waals surface area contributed by atoms with E-state index in [1.54, 1.807) is 50.8 Å². The smallest absolute Gasteiger partial charge is 0.185 e. The summed E-state index contributed by atoms with van der Waals surface area (Å²) in [6, 6.07) is 13.0. The number of aromatic nitrogens is 1. The second kappa shape index (κ2) is 6.96. The number of nitrogens with zero attached hydrogens (tertiary/aromatic N) is 1. The Bertz CT molecular complexity index is 916. The van der Waals surface area contributed by atoms with Gasteiger partial charge in [-0.3, -0.25) is 9.78 Å². The van der Waals surface area contributed by atoms with E-state index in [-0.39, 0.29) is 5.78 Å². The highest BCUT2D eigenvalue weighted by Gasteiger charge is 2.08. The quantitative estimate of drug-likeness (QED) is 0.523. The maximum Gasteiger partial charge on any atom is 0.185 e. The van der Waals surface area contributed by atoms with E-state index in [2.05, 4.69) is 4.98 Å². The molecule has 0 unspecified atom stereocenters. The van der Waals surface area contributed by atoms with Crippen molar-refractivity contribution in [2.75, 3.05) is 14.2 Å². The molecule has 3 rings (SSSR count). The number of fused-ring (bicyclic) bond motifs is 1. The molecule has 4 heteroatoms. The van der Waals surface area contributed by atoms with Gasteiger partial charge in [0.2, 0.25) is 0 Å². The highest BCUT2D eigenvalue weighted by atomic mass is 16.5. The fourth-order valence-corrected chi connectivity index (χ4v) is 2.46. The SMILES string of the molecule is COc1ccc(C(=O)C=Cc2ccc3cnccc3c2)cc1OC. The van der Waals surface area contributed by atoms with Crippen LogP contribution in [0.2, 0.25) is 0 Å². The van der Waals surface area contributed by atoms with E-state index in [0.717, 1.165) is 16.3 Å². The largest absolute Gasteiger partial charge is 0.493 e. The van der Waals surface area contributed by atoms with E-state index >= 15 is 0 Å². The number of hydrogen-bond donors (Lipinski definition) is 0. The standard InChI is InChI=1S/C20H17NO3/c1-23-19-8-6-16(12-20(19)24-2)18(22)7-4-14-3-5-17-13-21-10-9-15(17)11-14/h3-13H,1-2H3. The summed E-state index contributed by atoms with van der Waals surface area (Å²) in [5, 5.41) is 2.16. The predicted molar refractivity (Wildman–Crippen MR) is 94.7 cm³/mol. The lowest BCUT2D eigenvalue weighted by atomic mass is 10.1. The fraction of sp³-hybridized carbons (Fsp3) is 0.100. The van der Waals surface area contributed by atoms with Crippen LogP contribution in [0.3, 0.4) is 0 Å². The van der Waals surface area contributed by atoms with Crippen LogP contribution in [0.1, 0.15) is 15.9 Å². The van der Waals surface area contributed by atoms with Crippen molar-refractivity contribution >= 4 is 22.6 Å². The Morgan fingerprint density at radius 3 is 2.58 bits per heavy atom. The first kappa shape index (κ1) is 15.7. The number of allylic oxidation sites excluding steroid dienone is 1. The lowest BCUT2D eigenvalue weighted by Gasteiger charge is -2.08. The topological polar surface area (TPSA) is 48.4 Å².